The zero-order chi connectivity index (χ0) is 20.8. The van der Waals surface area contributed by atoms with Crippen molar-refractivity contribution in [3.63, 3.8) is 0 Å². The van der Waals surface area contributed by atoms with Gasteiger partial charge in [0.25, 0.3) is 0 Å². The number of halogens is 1. The molecule has 5 nitrogen and oxygen atoms in total. The lowest BCUT2D eigenvalue weighted by atomic mass is 9.48. The van der Waals surface area contributed by atoms with Gasteiger partial charge in [0, 0.05) is 18.8 Å². The number of esters is 1. The Morgan fingerprint density at radius 3 is 2.62 bits per heavy atom. The first-order chi connectivity index (χ1) is 13.8. The molecule has 0 aromatic carbocycles. The van der Waals surface area contributed by atoms with E-state index in [-0.39, 0.29) is 28.8 Å². The Hall–Kier alpha value is -1.36. The normalized spacial score (nSPS) is 42.3. The van der Waals surface area contributed by atoms with Crippen LogP contribution in [0.2, 0.25) is 0 Å². The molecule has 0 saturated heterocycles. The van der Waals surface area contributed by atoms with Crippen LogP contribution < -0.4 is 0 Å². The van der Waals surface area contributed by atoms with E-state index in [0.717, 1.165) is 50.7 Å². The van der Waals surface area contributed by atoms with E-state index < -0.39 is 5.97 Å². The van der Waals surface area contributed by atoms with Gasteiger partial charge >= 0.3 is 11.9 Å². The minimum atomic E-state index is -0.484. The number of carbonyl (C=O) groups excluding carboxylic acids is 2. The van der Waals surface area contributed by atoms with Crippen LogP contribution in [0.1, 0.15) is 72.1 Å². The van der Waals surface area contributed by atoms with E-state index in [0.29, 0.717) is 17.8 Å². The molecule has 0 unspecified atom stereocenters. The SMILES string of the molecule is CC(=O)O[C@H]1CC[C@@]2(C)C(=CC[C@H]3[C@H]2CC[C@]2(C)/C(=N\OC(=O)CCl)CC[C@H]32)C1. The molecule has 3 fully saturated rings. The van der Waals surface area contributed by atoms with Crippen LogP contribution in [0.15, 0.2) is 16.8 Å². The van der Waals surface area contributed by atoms with Crippen LogP contribution in [-0.2, 0) is 19.2 Å². The fourth-order valence-corrected chi connectivity index (χ4v) is 7.08. The molecule has 0 N–H and O–H groups in total. The van der Waals surface area contributed by atoms with E-state index in [1.165, 1.54) is 18.9 Å². The summed E-state index contributed by atoms with van der Waals surface area (Å²) in [7, 11) is 0. The van der Waals surface area contributed by atoms with Gasteiger partial charge in [-0.15, -0.1) is 11.6 Å². The molecule has 4 aliphatic carbocycles. The average Bonchev–Trinajstić information content (AvgIpc) is 3.02. The summed E-state index contributed by atoms with van der Waals surface area (Å²) in [6.07, 6.45) is 10.8. The van der Waals surface area contributed by atoms with Gasteiger partial charge in [-0.3, -0.25) is 4.79 Å². The molecule has 0 bridgehead atoms. The Morgan fingerprint density at radius 1 is 1.17 bits per heavy atom. The first-order valence-electron chi connectivity index (χ1n) is 11.0. The summed E-state index contributed by atoms with van der Waals surface area (Å²) in [6, 6.07) is 0. The number of allylic oxidation sites excluding steroid dienone is 1. The third-order valence-electron chi connectivity index (χ3n) is 8.50. The Bertz CT molecular complexity index is 762. The predicted molar refractivity (Wildman–Crippen MR) is 112 cm³/mol. The van der Waals surface area contributed by atoms with Crippen LogP contribution in [0.5, 0.6) is 0 Å². The third-order valence-corrected chi connectivity index (χ3v) is 8.72. The topological polar surface area (TPSA) is 65.0 Å². The number of carbonyl (C=O) groups is 2. The van der Waals surface area contributed by atoms with Crippen molar-refractivity contribution in [2.75, 3.05) is 5.88 Å². The summed E-state index contributed by atoms with van der Waals surface area (Å²) in [4.78, 5) is 27.9. The Kier molecular flexibility index (Phi) is 5.56. The molecule has 4 rings (SSSR count). The smallest absolute Gasteiger partial charge is 0.349 e. The summed E-state index contributed by atoms with van der Waals surface area (Å²) < 4.78 is 5.53. The van der Waals surface area contributed by atoms with Crippen molar-refractivity contribution in [2.24, 2.45) is 33.7 Å². The molecule has 0 spiro atoms. The minimum Gasteiger partial charge on any atom is -0.462 e. The maximum absolute atomic E-state index is 11.5. The summed E-state index contributed by atoms with van der Waals surface area (Å²) in [5, 5.41) is 4.24. The quantitative estimate of drug-likeness (QED) is 0.211. The number of rotatable bonds is 3. The van der Waals surface area contributed by atoms with E-state index in [4.69, 9.17) is 21.2 Å². The van der Waals surface area contributed by atoms with Crippen molar-refractivity contribution < 1.29 is 19.2 Å². The highest BCUT2D eigenvalue weighted by atomic mass is 35.5. The molecule has 0 aromatic heterocycles. The van der Waals surface area contributed by atoms with Crippen LogP contribution in [0.25, 0.3) is 0 Å². The van der Waals surface area contributed by atoms with Crippen LogP contribution in [-0.4, -0.2) is 29.6 Å². The minimum absolute atomic E-state index is 0.0183. The van der Waals surface area contributed by atoms with Gasteiger partial charge in [0.2, 0.25) is 0 Å². The van der Waals surface area contributed by atoms with Gasteiger partial charge < -0.3 is 9.57 Å². The fraction of sp³-hybridized carbons (Fsp3) is 0.783. The highest BCUT2D eigenvalue weighted by molar-refractivity contribution is 6.26. The molecule has 0 aliphatic heterocycles. The van der Waals surface area contributed by atoms with Crippen molar-refractivity contribution in [2.45, 2.75) is 78.2 Å². The zero-order valence-electron chi connectivity index (χ0n) is 17.7. The van der Waals surface area contributed by atoms with Gasteiger partial charge in [0.15, 0.2) is 0 Å². The highest BCUT2D eigenvalue weighted by Gasteiger charge is 2.58. The second kappa shape index (κ2) is 7.72. The van der Waals surface area contributed by atoms with Crippen molar-refractivity contribution in [1.82, 2.24) is 0 Å². The lowest BCUT2D eigenvalue weighted by molar-refractivity contribution is -0.148. The lowest BCUT2D eigenvalue weighted by Gasteiger charge is -2.57. The molecule has 3 saturated carbocycles. The van der Waals surface area contributed by atoms with Crippen LogP contribution >= 0.6 is 11.6 Å². The highest BCUT2D eigenvalue weighted by Crippen LogP contribution is 2.64. The van der Waals surface area contributed by atoms with Gasteiger partial charge in [0.1, 0.15) is 12.0 Å². The summed E-state index contributed by atoms with van der Waals surface area (Å²) >= 11 is 5.54. The first kappa shape index (κ1) is 20.9. The molecule has 6 heteroatoms. The summed E-state index contributed by atoms with van der Waals surface area (Å²) in [5.41, 5.74) is 2.77. The number of hydrogen-bond donors (Lipinski definition) is 0. The van der Waals surface area contributed by atoms with Crippen LogP contribution in [0, 0.1) is 28.6 Å². The number of alkyl halides is 1. The average molecular weight is 422 g/mol. The van der Waals surface area contributed by atoms with Gasteiger partial charge in [-0.05, 0) is 68.1 Å². The van der Waals surface area contributed by atoms with E-state index in [1.807, 2.05) is 0 Å². The maximum Gasteiger partial charge on any atom is 0.349 e. The van der Waals surface area contributed by atoms with E-state index in [1.54, 1.807) is 0 Å². The zero-order valence-corrected chi connectivity index (χ0v) is 18.5. The first-order valence-corrected chi connectivity index (χ1v) is 11.5. The van der Waals surface area contributed by atoms with Crippen LogP contribution in [0.3, 0.4) is 0 Å². The summed E-state index contributed by atoms with van der Waals surface area (Å²) in [6.45, 7) is 6.26. The Labute approximate surface area is 178 Å². The van der Waals surface area contributed by atoms with Gasteiger partial charge in [-0.2, -0.15) is 0 Å². The third kappa shape index (κ3) is 3.54. The number of oxime groups is 1. The lowest BCUT2D eigenvalue weighted by Crippen LogP contribution is -2.50. The van der Waals surface area contributed by atoms with Crippen LogP contribution in [0.4, 0.5) is 0 Å². The van der Waals surface area contributed by atoms with E-state index >= 15 is 0 Å². The van der Waals surface area contributed by atoms with Crippen molar-refractivity contribution in [3.8, 4) is 0 Å². The number of ether oxygens (including phenoxy) is 1. The molecule has 0 aromatic rings. The number of nitrogens with zero attached hydrogens (tertiary/aromatic N) is 1. The molecular weight excluding hydrogens is 390 g/mol. The second-order valence-electron chi connectivity index (χ2n) is 9.86. The molecule has 0 heterocycles. The van der Waals surface area contributed by atoms with Gasteiger partial charge in [-0.1, -0.05) is 30.7 Å². The van der Waals surface area contributed by atoms with Crippen molar-refractivity contribution >= 4 is 29.3 Å². The largest absolute Gasteiger partial charge is 0.462 e. The predicted octanol–water partition coefficient (Wildman–Crippen LogP) is 5.02. The van der Waals surface area contributed by atoms with Gasteiger partial charge in [0.05, 0.1) is 5.71 Å². The van der Waals surface area contributed by atoms with E-state index in [2.05, 4.69) is 25.1 Å². The molecule has 29 heavy (non-hydrogen) atoms. The molecule has 160 valence electrons. The molecular formula is C23H32ClNO4. The molecule has 6 atom stereocenters. The number of fused-ring (bicyclic) bond motifs is 5. The number of hydrogen-bond acceptors (Lipinski definition) is 5. The molecule has 4 aliphatic rings. The fourth-order valence-electron chi connectivity index (χ4n) is 7.03. The van der Waals surface area contributed by atoms with E-state index in [9.17, 15) is 9.59 Å². The second-order valence-corrected chi connectivity index (χ2v) is 10.1. The Balaban J connectivity index is 1.54. The summed E-state index contributed by atoms with van der Waals surface area (Å²) in [5.74, 6) is 1.07. The standard InChI is InChI=1S/C23H32ClNO4/c1-14(26)28-16-8-10-22(2)15(12-16)4-5-17-18-6-7-20(25-29-21(27)13-24)23(18,3)11-9-19(17)22/h4,16-19H,5-13H2,1-3H3/b25-20-/t16-,17+,18+,19+,22-,23-/m0/s1. The van der Waals surface area contributed by atoms with Gasteiger partial charge in [-0.25, -0.2) is 4.79 Å². The van der Waals surface area contributed by atoms with Crippen molar-refractivity contribution in [3.05, 3.63) is 11.6 Å². The van der Waals surface area contributed by atoms with Crippen molar-refractivity contribution in [1.29, 1.82) is 0 Å². The molecule has 0 radical (unpaired) electrons. The molecule has 0 amide bonds. The monoisotopic (exact) mass is 421 g/mol. The maximum atomic E-state index is 11.5. The Morgan fingerprint density at radius 2 is 1.90 bits per heavy atom.